The number of fused-ring (bicyclic) bond motifs is 1. The molecule has 0 unspecified atom stereocenters. The van der Waals surface area contributed by atoms with Crippen molar-refractivity contribution >= 4 is 27.5 Å². The van der Waals surface area contributed by atoms with E-state index in [2.05, 4.69) is 9.71 Å². The second-order valence-corrected chi connectivity index (χ2v) is 8.58. The van der Waals surface area contributed by atoms with Crippen LogP contribution >= 0.6 is 0 Å². The molecule has 2 aromatic rings. The highest BCUT2D eigenvalue weighted by Gasteiger charge is 2.29. The zero-order chi connectivity index (χ0) is 20.1. The van der Waals surface area contributed by atoms with Gasteiger partial charge in [0.25, 0.3) is 10.0 Å². The molecule has 0 spiro atoms. The van der Waals surface area contributed by atoms with Crippen LogP contribution in [-0.2, 0) is 14.8 Å². The molecule has 1 N–H and O–H groups in total. The summed E-state index contributed by atoms with van der Waals surface area (Å²) in [5.41, 5.74) is 2.69. The number of hydrogen-bond acceptors (Lipinski definition) is 4. The lowest BCUT2D eigenvalue weighted by molar-refractivity contribution is -0.118. The minimum atomic E-state index is -3.48. The lowest BCUT2D eigenvalue weighted by atomic mass is 10.1. The molecule has 0 aliphatic carbocycles. The fourth-order valence-electron chi connectivity index (χ4n) is 3.09. The summed E-state index contributed by atoms with van der Waals surface area (Å²) in [4.78, 5) is 18.7. The lowest BCUT2D eigenvalue weighted by Crippen LogP contribution is -2.25. The van der Waals surface area contributed by atoms with Crippen molar-refractivity contribution in [2.45, 2.75) is 37.5 Å². The van der Waals surface area contributed by atoms with E-state index >= 15 is 0 Å². The molecule has 0 radical (unpaired) electrons. The molecule has 1 aliphatic heterocycles. The van der Waals surface area contributed by atoms with Gasteiger partial charge in [0.2, 0.25) is 5.91 Å². The Morgan fingerprint density at radius 2 is 1.75 bits per heavy atom. The molecule has 6 nitrogen and oxygen atoms in total. The number of sulfonamides is 1. The molecule has 0 fully saturated rings. The van der Waals surface area contributed by atoms with Gasteiger partial charge in [-0.2, -0.15) is 0 Å². The van der Waals surface area contributed by atoms with Crippen LogP contribution in [0.3, 0.4) is 0 Å². The van der Waals surface area contributed by atoms with Crippen LogP contribution in [0.15, 0.2) is 58.4 Å². The zero-order valence-corrected chi connectivity index (χ0v) is 17.0. The third-order valence-corrected chi connectivity index (χ3v) is 6.17. The smallest absolute Gasteiger partial charge is 0.263 e. The van der Waals surface area contributed by atoms with Gasteiger partial charge >= 0.3 is 0 Å². The maximum atomic E-state index is 12.3. The summed E-state index contributed by atoms with van der Waals surface area (Å²) in [6.07, 6.45) is 2.92. The number of rotatable bonds is 7. The first-order chi connectivity index (χ1) is 13.4. The van der Waals surface area contributed by atoms with Crippen LogP contribution in [0.5, 0.6) is 0 Å². The average Bonchev–Trinajstić information content (AvgIpc) is 2.95. The van der Waals surface area contributed by atoms with Gasteiger partial charge in [0, 0.05) is 31.3 Å². The van der Waals surface area contributed by atoms with E-state index in [4.69, 9.17) is 0 Å². The third-order valence-electron chi connectivity index (χ3n) is 4.78. The van der Waals surface area contributed by atoms with Crippen LogP contribution in [0.1, 0.15) is 36.8 Å². The van der Waals surface area contributed by atoms with Crippen LogP contribution in [0, 0.1) is 6.92 Å². The summed E-state index contributed by atoms with van der Waals surface area (Å²) >= 11 is 0. The first kappa shape index (κ1) is 20.1. The highest BCUT2D eigenvalue weighted by molar-refractivity contribution is 7.90. The number of amides is 1. The molecule has 0 aromatic heterocycles. The van der Waals surface area contributed by atoms with Gasteiger partial charge in [-0.25, -0.2) is 8.42 Å². The number of carbonyl (C=O) groups is 1. The average molecular weight is 400 g/mol. The summed E-state index contributed by atoms with van der Waals surface area (Å²) in [5.74, 6) is 0.499. The number of anilines is 1. The van der Waals surface area contributed by atoms with Gasteiger partial charge in [0.1, 0.15) is 5.84 Å². The Morgan fingerprint density at radius 3 is 2.50 bits per heavy atom. The van der Waals surface area contributed by atoms with Crippen LogP contribution < -0.4 is 9.62 Å². The van der Waals surface area contributed by atoms with Crippen molar-refractivity contribution in [3.05, 3.63) is 59.7 Å². The predicted molar refractivity (Wildman–Crippen MR) is 111 cm³/mol. The van der Waals surface area contributed by atoms with Gasteiger partial charge in [-0.3, -0.25) is 14.5 Å². The third kappa shape index (κ3) is 4.59. The molecule has 1 aliphatic rings. The number of aryl methyl sites for hydroxylation is 1. The van der Waals surface area contributed by atoms with Crippen molar-refractivity contribution in [1.82, 2.24) is 4.72 Å². The minimum Gasteiger partial charge on any atom is -0.316 e. The SMILES string of the molecule is Cc1ccc(N(C)C(=O)CCCCCN=C2NS(=O)(=O)c3ccccc32)cc1. The second-order valence-electron chi connectivity index (χ2n) is 6.93. The number of amidine groups is 1. The van der Waals surface area contributed by atoms with Crippen molar-refractivity contribution in [3.63, 3.8) is 0 Å². The highest BCUT2D eigenvalue weighted by atomic mass is 32.2. The molecular formula is C21H25N3O3S. The Bertz CT molecular complexity index is 982. The number of hydrogen-bond donors (Lipinski definition) is 1. The van der Waals surface area contributed by atoms with Gasteiger partial charge in [-0.1, -0.05) is 36.2 Å². The molecule has 2 aromatic carbocycles. The highest BCUT2D eigenvalue weighted by Crippen LogP contribution is 2.22. The number of benzene rings is 2. The summed E-state index contributed by atoms with van der Waals surface area (Å²) in [7, 11) is -1.69. The van der Waals surface area contributed by atoms with E-state index in [1.165, 1.54) is 5.56 Å². The minimum absolute atomic E-state index is 0.0904. The van der Waals surface area contributed by atoms with Crippen LogP contribution in [-0.4, -0.2) is 33.8 Å². The Labute approximate surface area is 166 Å². The summed E-state index contributed by atoms with van der Waals surface area (Å²) in [5, 5.41) is 0. The van der Waals surface area contributed by atoms with E-state index in [9.17, 15) is 13.2 Å². The van der Waals surface area contributed by atoms with E-state index in [1.54, 1.807) is 36.2 Å². The van der Waals surface area contributed by atoms with Crippen molar-refractivity contribution in [2.75, 3.05) is 18.5 Å². The normalized spacial score (nSPS) is 15.9. The first-order valence-corrected chi connectivity index (χ1v) is 10.9. The Balaban J connectivity index is 1.44. The maximum Gasteiger partial charge on any atom is 0.263 e. The molecule has 148 valence electrons. The molecule has 7 heteroatoms. The fraction of sp³-hybridized carbons (Fsp3) is 0.333. The van der Waals surface area contributed by atoms with E-state index in [-0.39, 0.29) is 10.8 Å². The van der Waals surface area contributed by atoms with Crippen molar-refractivity contribution < 1.29 is 13.2 Å². The molecule has 0 saturated carbocycles. The summed E-state index contributed by atoms with van der Waals surface area (Å²) < 4.78 is 26.6. The standard InChI is InChI=1S/C21H25N3O3S/c1-16-11-13-17(14-12-16)24(2)20(25)10-4-3-7-15-22-21-18-8-5-6-9-19(18)28(26,27)23-21/h5-6,8-9,11-14H,3-4,7,10,15H2,1-2H3,(H,22,23). The van der Waals surface area contributed by atoms with E-state index in [1.807, 2.05) is 31.2 Å². The molecular weight excluding hydrogens is 374 g/mol. The molecule has 1 heterocycles. The van der Waals surface area contributed by atoms with Crippen molar-refractivity contribution in [3.8, 4) is 0 Å². The van der Waals surface area contributed by atoms with Gasteiger partial charge in [0.05, 0.1) is 4.90 Å². The van der Waals surface area contributed by atoms with Gasteiger partial charge < -0.3 is 4.90 Å². The van der Waals surface area contributed by atoms with Gasteiger partial charge in [0.15, 0.2) is 0 Å². The monoisotopic (exact) mass is 399 g/mol. The van der Waals surface area contributed by atoms with E-state index in [0.717, 1.165) is 24.9 Å². The summed E-state index contributed by atoms with van der Waals surface area (Å²) in [6, 6.07) is 14.7. The van der Waals surface area contributed by atoms with Gasteiger partial charge in [-0.05, 0) is 44.0 Å². The quantitative estimate of drug-likeness (QED) is 0.726. The largest absolute Gasteiger partial charge is 0.316 e. The Kier molecular flexibility index (Phi) is 6.14. The molecule has 0 bridgehead atoms. The topological polar surface area (TPSA) is 78.8 Å². The lowest BCUT2D eigenvalue weighted by Gasteiger charge is -2.17. The fourth-order valence-corrected chi connectivity index (χ4v) is 4.34. The zero-order valence-electron chi connectivity index (χ0n) is 16.2. The number of nitrogens with zero attached hydrogens (tertiary/aromatic N) is 2. The van der Waals surface area contributed by atoms with Gasteiger partial charge in [-0.15, -0.1) is 0 Å². The van der Waals surface area contributed by atoms with Crippen LogP contribution in [0.2, 0.25) is 0 Å². The molecule has 1 amide bonds. The first-order valence-electron chi connectivity index (χ1n) is 9.38. The molecule has 28 heavy (non-hydrogen) atoms. The van der Waals surface area contributed by atoms with E-state index < -0.39 is 10.0 Å². The number of aliphatic imine (C=N–C) groups is 1. The Morgan fingerprint density at radius 1 is 1.04 bits per heavy atom. The number of nitrogens with one attached hydrogen (secondary N) is 1. The second kappa shape index (κ2) is 8.56. The van der Waals surface area contributed by atoms with Crippen molar-refractivity contribution in [1.29, 1.82) is 0 Å². The molecule has 0 saturated heterocycles. The number of unbranched alkanes of at least 4 members (excludes halogenated alkanes) is 2. The number of carbonyl (C=O) groups excluding carboxylic acids is 1. The van der Waals surface area contributed by atoms with E-state index in [0.29, 0.717) is 24.4 Å². The summed E-state index contributed by atoms with van der Waals surface area (Å²) in [6.45, 7) is 2.54. The Hall–Kier alpha value is -2.67. The maximum absolute atomic E-state index is 12.3. The molecule has 3 rings (SSSR count). The van der Waals surface area contributed by atoms with Crippen LogP contribution in [0.4, 0.5) is 5.69 Å². The molecule has 0 atom stereocenters. The van der Waals surface area contributed by atoms with Crippen molar-refractivity contribution in [2.24, 2.45) is 4.99 Å². The predicted octanol–water partition coefficient (Wildman–Crippen LogP) is 3.26. The van der Waals surface area contributed by atoms with Crippen LogP contribution in [0.25, 0.3) is 0 Å².